The fourth-order valence-electron chi connectivity index (χ4n) is 13.4. The summed E-state index contributed by atoms with van der Waals surface area (Å²) in [5, 5.41) is 10.5. The number of hydrogen-bond acceptors (Lipinski definition) is 3. The fourth-order valence-corrected chi connectivity index (χ4v) is 16.4. The van der Waals surface area contributed by atoms with Crippen molar-refractivity contribution in [2.75, 3.05) is 6.61 Å². The van der Waals surface area contributed by atoms with Gasteiger partial charge in [-0.15, -0.1) is 0 Å². The summed E-state index contributed by atoms with van der Waals surface area (Å²) in [5.41, 5.74) is 1.48. The first kappa shape index (κ1) is 29.2. The third-order valence-electron chi connectivity index (χ3n) is 16.2. The Hall–Kier alpha value is 0.0969. The number of aliphatic hydroxyl groups is 1. The van der Waals surface area contributed by atoms with E-state index >= 15 is 0 Å². The van der Waals surface area contributed by atoms with E-state index in [2.05, 4.69) is 69.2 Å². The third-order valence-corrected chi connectivity index (χ3v) is 20.8. The highest BCUT2D eigenvalue weighted by atomic mass is 28.4. The van der Waals surface area contributed by atoms with E-state index in [0.717, 1.165) is 24.2 Å². The van der Waals surface area contributed by atoms with Crippen molar-refractivity contribution >= 4 is 8.32 Å². The summed E-state index contributed by atoms with van der Waals surface area (Å²) in [5.74, 6) is 3.55. The molecule has 3 nitrogen and oxygen atoms in total. The topological polar surface area (TPSA) is 38.7 Å². The molecule has 1 aliphatic heterocycles. The SMILES string of the molecule is CC[Si](CC)(CC)O[C@H]1[C@H]2O[C@@](C)(CO)CC(C)C2[C@@]2(C)CC[C@@]34CC35CC[C@H](C)C(C)(C)[C@@H]5CC[C@H]4[C@]12C. The van der Waals surface area contributed by atoms with Crippen molar-refractivity contribution in [1.29, 1.82) is 0 Å². The quantitative estimate of drug-likeness (QED) is 0.331. The van der Waals surface area contributed by atoms with Crippen molar-refractivity contribution in [1.82, 2.24) is 0 Å². The summed E-state index contributed by atoms with van der Waals surface area (Å²) in [7, 11) is -1.87. The first-order valence-electron chi connectivity index (χ1n) is 17.2. The zero-order valence-electron chi connectivity index (χ0n) is 27.3. The van der Waals surface area contributed by atoms with Crippen molar-refractivity contribution in [2.24, 2.45) is 56.7 Å². The molecule has 0 radical (unpaired) electrons. The van der Waals surface area contributed by atoms with Crippen molar-refractivity contribution in [3.63, 3.8) is 0 Å². The number of rotatable bonds is 6. The molecule has 39 heavy (non-hydrogen) atoms. The minimum absolute atomic E-state index is 0.114. The summed E-state index contributed by atoms with van der Waals surface area (Å²) in [6.07, 6.45) is 11.2. The Bertz CT molecular complexity index is 969. The van der Waals surface area contributed by atoms with Crippen LogP contribution in [-0.4, -0.2) is 37.8 Å². The second-order valence-corrected chi connectivity index (χ2v) is 22.0. The van der Waals surface area contributed by atoms with E-state index in [1.54, 1.807) is 0 Å². The van der Waals surface area contributed by atoms with Gasteiger partial charge in [0, 0.05) is 5.41 Å². The Labute approximate surface area is 242 Å². The number of fused-ring (bicyclic) bond motifs is 4. The monoisotopic (exact) mass is 558 g/mol. The second-order valence-electron chi connectivity index (χ2n) is 17.3. The van der Waals surface area contributed by atoms with Crippen molar-refractivity contribution in [3.05, 3.63) is 0 Å². The minimum Gasteiger partial charge on any atom is -0.411 e. The van der Waals surface area contributed by atoms with Crippen molar-refractivity contribution in [3.8, 4) is 0 Å². The average molecular weight is 559 g/mol. The first-order valence-corrected chi connectivity index (χ1v) is 19.7. The molecule has 4 heteroatoms. The van der Waals surface area contributed by atoms with Crippen LogP contribution in [0.1, 0.15) is 121 Å². The molecule has 0 aromatic heterocycles. The van der Waals surface area contributed by atoms with Crippen LogP contribution in [0.5, 0.6) is 0 Å². The van der Waals surface area contributed by atoms with Gasteiger partial charge in [-0.05, 0) is 128 Å². The number of hydrogen-bond donors (Lipinski definition) is 1. The van der Waals surface area contributed by atoms with Gasteiger partial charge >= 0.3 is 0 Å². The van der Waals surface area contributed by atoms with Crippen LogP contribution < -0.4 is 0 Å². The maximum atomic E-state index is 10.5. The lowest BCUT2D eigenvalue weighted by molar-refractivity contribution is -0.200. The van der Waals surface area contributed by atoms with E-state index in [1.807, 2.05) is 0 Å². The molecule has 0 bridgehead atoms. The molecule has 12 atom stereocenters. The maximum Gasteiger partial charge on any atom is 0.192 e. The van der Waals surface area contributed by atoms with E-state index in [9.17, 15) is 5.11 Å². The molecule has 6 fully saturated rings. The lowest BCUT2D eigenvalue weighted by Gasteiger charge is -2.64. The predicted octanol–water partition coefficient (Wildman–Crippen LogP) is 8.85. The summed E-state index contributed by atoms with van der Waals surface area (Å²) >= 11 is 0. The van der Waals surface area contributed by atoms with E-state index in [-0.39, 0.29) is 29.6 Å². The van der Waals surface area contributed by atoms with Crippen LogP contribution >= 0.6 is 0 Å². The fraction of sp³-hybridized carbons (Fsp3) is 1.00. The lowest BCUT2D eigenvalue weighted by atomic mass is 9.41. The summed E-state index contributed by atoms with van der Waals surface area (Å²) in [6.45, 7) is 25.1. The highest BCUT2D eigenvalue weighted by Gasteiger charge is 2.85. The van der Waals surface area contributed by atoms with Crippen LogP contribution in [0.4, 0.5) is 0 Å². The zero-order valence-corrected chi connectivity index (χ0v) is 28.3. The molecule has 0 aromatic rings. The van der Waals surface area contributed by atoms with E-state index in [1.165, 1.54) is 63.1 Å². The molecule has 5 aliphatic carbocycles. The molecule has 2 spiro atoms. The highest BCUT2D eigenvalue weighted by molar-refractivity contribution is 6.73. The zero-order chi connectivity index (χ0) is 28.4. The molecule has 5 saturated carbocycles. The van der Waals surface area contributed by atoms with Gasteiger partial charge in [0.25, 0.3) is 0 Å². The molecule has 1 N–H and O–H groups in total. The van der Waals surface area contributed by atoms with Crippen molar-refractivity contribution < 1.29 is 14.3 Å². The van der Waals surface area contributed by atoms with Crippen LogP contribution in [-0.2, 0) is 9.16 Å². The van der Waals surface area contributed by atoms with Gasteiger partial charge in [-0.25, -0.2) is 0 Å². The van der Waals surface area contributed by atoms with E-state index in [4.69, 9.17) is 9.16 Å². The standard InChI is InChI=1S/C35H62O3Si/c1-11-39(12-2,13-3)38-29-28-27(23(4)20-31(8,22-36)37-28)32(9)18-19-35-21-34(35)17-16-24(5)30(6,7)25(34)14-15-26(35)33(29,32)10/h23-29,36H,11-22H2,1-10H3/t23?,24-,25-,26-,27?,28-,29-,31+,32+,33+,34?,35-/m0/s1. The van der Waals surface area contributed by atoms with Gasteiger partial charge in [-0.1, -0.05) is 62.3 Å². The van der Waals surface area contributed by atoms with Gasteiger partial charge in [0.05, 0.1) is 24.4 Å². The normalized spacial score (nSPS) is 55.6. The molecule has 224 valence electrons. The van der Waals surface area contributed by atoms with Crippen LogP contribution in [0.3, 0.4) is 0 Å². The Morgan fingerprint density at radius 1 is 0.846 bits per heavy atom. The van der Waals surface area contributed by atoms with E-state index in [0.29, 0.717) is 28.1 Å². The van der Waals surface area contributed by atoms with Crippen LogP contribution in [0.15, 0.2) is 0 Å². The first-order chi connectivity index (χ1) is 18.2. The van der Waals surface area contributed by atoms with Crippen LogP contribution in [0, 0.1) is 56.7 Å². The summed E-state index contributed by atoms with van der Waals surface area (Å²) in [6, 6.07) is 3.59. The van der Waals surface area contributed by atoms with Crippen LogP contribution in [0.25, 0.3) is 0 Å². The second kappa shape index (κ2) is 8.82. The molecule has 3 unspecified atom stereocenters. The van der Waals surface area contributed by atoms with Gasteiger partial charge in [0.2, 0.25) is 0 Å². The Kier molecular flexibility index (Phi) is 6.60. The van der Waals surface area contributed by atoms with Gasteiger partial charge in [-0.2, -0.15) is 0 Å². The predicted molar refractivity (Wildman–Crippen MR) is 163 cm³/mol. The molecule has 6 rings (SSSR count). The molecule has 1 saturated heterocycles. The summed E-state index contributed by atoms with van der Waals surface area (Å²) < 4.78 is 14.9. The molecular formula is C35H62O3Si. The Morgan fingerprint density at radius 3 is 2.08 bits per heavy atom. The number of ether oxygens (including phenoxy) is 1. The molecule has 6 aliphatic rings. The van der Waals surface area contributed by atoms with Gasteiger partial charge < -0.3 is 14.3 Å². The third kappa shape index (κ3) is 3.39. The van der Waals surface area contributed by atoms with E-state index < -0.39 is 13.9 Å². The van der Waals surface area contributed by atoms with Gasteiger partial charge in [-0.3, -0.25) is 0 Å². The molecule has 0 amide bonds. The molecular weight excluding hydrogens is 496 g/mol. The average Bonchev–Trinajstić information content (AvgIpc) is 3.53. The molecule has 0 aromatic carbocycles. The van der Waals surface area contributed by atoms with Crippen molar-refractivity contribution in [2.45, 2.75) is 157 Å². The van der Waals surface area contributed by atoms with Gasteiger partial charge in [0.1, 0.15) is 0 Å². The maximum absolute atomic E-state index is 10.5. The minimum atomic E-state index is -1.87. The smallest absolute Gasteiger partial charge is 0.192 e. The van der Waals surface area contributed by atoms with Gasteiger partial charge in [0.15, 0.2) is 8.32 Å². The molecule has 1 heterocycles. The Morgan fingerprint density at radius 2 is 1.46 bits per heavy atom. The lowest BCUT2D eigenvalue weighted by Crippen LogP contribution is -2.61. The Balaban J connectivity index is 1.47. The number of aliphatic hydroxyl groups excluding tert-OH is 1. The van der Waals surface area contributed by atoms with Crippen LogP contribution in [0.2, 0.25) is 18.1 Å². The largest absolute Gasteiger partial charge is 0.411 e. The summed E-state index contributed by atoms with van der Waals surface area (Å²) in [4.78, 5) is 0. The highest BCUT2D eigenvalue weighted by Crippen LogP contribution is 2.89.